The first-order valence-corrected chi connectivity index (χ1v) is 13.9. The molecule has 0 saturated heterocycles. The molecule has 1 heterocycles. The number of hydrogen-bond acceptors (Lipinski definition) is 1. The van der Waals surface area contributed by atoms with Gasteiger partial charge in [0.1, 0.15) is 11.2 Å². The molecule has 0 N–H and O–H groups in total. The molecule has 0 fully saturated rings. The maximum Gasteiger partial charge on any atom is 0.143 e. The molecule has 0 spiro atoms. The van der Waals surface area contributed by atoms with Crippen molar-refractivity contribution in [2.45, 2.75) is 11.8 Å². The zero-order chi connectivity index (χ0) is 26.0. The largest absolute Gasteiger partial charge is 0.455 e. The van der Waals surface area contributed by atoms with Crippen LogP contribution in [0.15, 0.2) is 138 Å². The van der Waals surface area contributed by atoms with Crippen molar-refractivity contribution in [2.24, 2.45) is 5.92 Å². The van der Waals surface area contributed by atoms with Gasteiger partial charge in [-0.2, -0.15) is 0 Å². The molecule has 186 valence electrons. The third-order valence-electron chi connectivity index (χ3n) is 8.68. The first-order chi connectivity index (χ1) is 19.2. The number of benzene rings is 5. The third-order valence-corrected chi connectivity index (χ3v) is 8.92. The first kappa shape index (κ1) is 22.6. The molecule has 2 heteroatoms. The Balaban J connectivity index is 1.35. The van der Waals surface area contributed by atoms with Crippen molar-refractivity contribution in [3.63, 3.8) is 0 Å². The molecular weight excluding hydrogens is 496 g/mol. The Morgan fingerprint density at radius 2 is 1.46 bits per heavy atom. The maximum absolute atomic E-state index is 6.67. The van der Waals surface area contributed by atoms with E-state index in [1.807, 2.05) is 18.2 Å². The molecule has 1 nitrogen and oxygen atoms in total. The van der Waals surface area contributed by atoms with E-state index in [0.29, 0.717) is 5.92 Å². The summed E-state index contributed by atoms with van der Waals surface area (Å²) in [7, 11) is 0. The lowest BCUT2D eigenvalue weighted by atomic mass is 9.63. The van der Waals surface area contributed by atoms with Crippen molar-refractivity contribution in [3.05, 3.63) is 161 Å². The van der Waals surface area contributed by atoms with E-state index in [-0.39, 0.29) is 5.41 Å². The molecule has 8 rings (SSSR count). The summed E-state index contributed by atoms with van der Waals surface area (Å²) in [6.07, 6.45) is 7.77. The Bertz CT molecular complexity index is 1940. The van der Waals surface area contributed by atoms with Crippen molar-refractivity contribution in [1.29, 1.82) is 0 Å². The van der Waals surface area contributed by atoms with Crippen molar-refractivity contribution in [1.82, 2.24) is 0 Å². The van der Waals surface area contributed by atoms with Crippen molar-refractivity contribution < 1.29 is 4.42 Å². The normalized spacial score (nSPS) is 19.7. The second kappa shape index (κ2) is 8.59. The molecule has 1 aromatic heterocycles. The average molecular weight is 521 g/mol. The molecule has 2 atom stereocenters. The van der Waals surface area contributed by atoms with Gasteiger partial charge in [-0.25, -0.2) is 0 Å². The lowest BCUT2D eigenvalue weighted by Gasteiger charge is -2.39. The van der Waals surface area contributed by atoms with Crippen LogP contribution >= 0.6 is 11.6 Å². The molecule has 2 aliphatic rings. The first-order valence-electron chi connectivity index (χ1n) is 13.5. The molecule has 0 saturated carbocycles. The topological polar surface area (TPSA) is 13.1 Å². The predicted molar refractivity (Wildman–Crippen MR) is 162 cm³/mol. The second-order valence-electron chi connectivity index (χ2n) is 10.6. The Morgan fingerprint density at radius 1 is 0.692 bits per heavy atom. The van der Waals surface area contributed by atoms with E-state index in [1.165, 1.54) is 27.8 Å². The van der Waals surface area contributed by atoms with Crippen LogP contribution in [0.3, 0.4) is 0 Å². The van der Waals surface area contributed by atoms with Crippen LogP contribution in [0.4, 0.5) is 0 Å². The molecule has 39 heavy (non-hydrogen) atoms. The highest BCUT2D eigenvalue weighted by atomic mass is 35.5. The van der Waals surface area contributed by atoms with Gasteiger partial charge in [-0.05, 0) is 58.0 Å². The van der Waals surface area contributed by atoms with Gasteiger partial charge in [-0.15, -0.1) is 0 Å². The number of hydrogen-bond donors (Lipinski definition) is 0. The zero-order valence-corrected chi connectivity index (χ0v) is 22.0. The summed E-state index contributed by atoms with van der Waals surface area (Å²) in [6, 6.07) is 41.2. The molecule has 0 radical (unpaired) electrons. The quantitative estimate of drug-likeness (QED) is 0.226. The molecule has 5 aromatic carbocycles. The summed E-state index contributed by atoms with van der Waals surface area (Å²) >= 11 is 6.67. The molecule has 0 aliphatic heterocycles. The fourth-order valence-electron chi connectivity index (χ4n) is 7.07. The van der Waals surface area contributed by atoms with E-state index in [0.717, 1.165) is 44.5 Å². The summed E-state index contributed by atoms with van der Waals surface area (Å²) in [5.74, 6) is 0.294. The van der Waals surface area contributed by atoms with Crippen molar-refractivity contribution in [2.75, 3.05) is 0 Å². The van der Waals surface area contributed by atoms with Crippen molar-refractivity contribution in [3.8, 4) is 11.1 Å². The van der Waals surface area contributed by atoms with Crippen LogP contribution in [-0.2, 0) is 5.41 Å². The number of allylic oxidation sites excluding steroid dienone is 4. The van der Waals surface area contributed by atoms with Crippen LogP contribution in [0.25, 0.3) is 38.6 Å². The number of fused-ring (bicyclic) bond motifs is 6. The molecule has 0 bridgehead atoms. The highest BCUT2D eigenvalue weighted by Gasteiger charge is 2.51. The lowest BCUT2D eigenvalue weighted by Crippen LogP contribution is -2.34. The monoisotopic (exact) mass is 520 g/mol. The van der Waals surface area contributed by atoms with E-state index in [2.05, 4.69) is 115 Å². The lowest BCUT2D eigenvalue weighted by molar-refractivity contribution is 0.484. The summed E-state index contributed by atoms with van der Waals surface area (Å²) in [6.45, 7) is 0. The second-order valence-corrected chi connectivity index (χ2v) is 11.0. The van der Waals surface area contributed by atoms with Gasteiger partial charge in [0.05, 0.1) is 5.41 Å². The van der Waals surface area contributed by atoms with Crippen LogP contribution in [0.5, 0.6) is 0 Å². The Kier molecular flexibility index (Phi) is 4.99. The van der Waals surface area contributed by atoms with E-state index >= 15 is 0 Å². The smallest absolute Gasteiger partial charge is 0.143 e. The minimum atomic E-state index is -0.331. The van der Waals surface area contributed by atoms with E-state index in [1.54, 1.807) is 0 Å². The highest BCUT2D eigenvalue weighted by molar-refractivity contribution is 6.30. The van der Waals surface area contributed by atoms with Gasteiger partial charge >= 0.3 is 0 Å². The van der Waals surface area contributed by atoms with E-state index in [9.17, 15) is 0 Å². The van der Waals surface area contributed by atoms with Gasteiger partial charge in [0.15, 0.2) is 0 Å². The molecule has 6 aromatic rings. The minimum Gasteiger partial charge on any atom is -0.455 e. The summed E-state index contributed by atoms with van der Waals surface area (Å²) < 4.78 is 6.36. The third kappa shape index (κ3) is 3.20. The molecule has 0 amide bonds. The number of para-hydroxylation sites is 2. The van der Waals surface area contributed by atoms with Gasteiger partial charge in [-0.1, -0.05) is 127 Å². The van der Waals surface area contributed by atoms with Crippen LogP contribution in [-0.4, -0.2) is 0 Å². The summed E-state index contributed by atoms with van der Waals surface area (Å²) in [5, 5.41) is 3.07. The fraction of sp³-hybridized carbons (Fsp3) is 0.0811. The van der Waals surface area contributed by atoms with E-state index in [4.69, 9.17) is 16.0 Å². The summed E-state index contributed by atoms with van der Waals surface area (Å²) in [5.41, 5.74) is 10.3. The zero-order valence-electron chi connectivity index (χ0n) is 21.3. The van der Waals surface area contributed by atoms with Gasteiger partial charge in [0, 0.05) is 27.3 Å². The predicted octanol–water partition coefficient (Wildman–Crippen LogP) is 10.2. The maximum atomic E-state index is 6.67. The van der Waals surface area contributed by atoms with E-state index < -0.39 is 0 Å². The van der Waals surface area contributed by atoms with Crippen molar-refractivity contribution >= 4 is 39.1 Å². The van der Waals surface area contributed by atoms with Gasteiger partial charge in [-0.3, -0.25) is 0 Å². The number of rotatable bonds is 3. The van der Waals surface area contributed by atoms with Crippen LogP contribution in [0, 0.1) is 5.92 Å². The van der Waals surface area contributed by atoms with Crippen LogP contribution in [0.2, 0.25) is 5.02 Å². The Hall–Kier alpha value is -4.33. The van der Waals surface area contributed by atoms with Gasteiger partial charge < -0.3 is 4.42 Å². The van der Waals surface area contributed by atoms with Crippen LogP contribution in [0.1, 0.15) is 28.7 Å². The molecule has 2 aliphatic carbocycles. The Morgan fingerprint density at radius 3 is 2.33 bits per heavy atom. The van der Waals surface area contributed by atoms with Crippen LogP contribution < -0.4 is 0 Å². The number of halogens is 1. The molecule has 2 unspecified atom stereocenters. The Labute approximate surface area is 232 Å². The SMILES string of the molecule is Clc1ccc2c(c1)C(c1ccccc1)(c1ccc(-c3cccc4c3oc3ccccc34)cc1)C1CC=CC=C21. The van der Waals surface area contributed by atoms with Gasteiger partial charge in [0.25, 0.3) is 0 Å². The highest BCUT2D eigenvalue weighted by Crippen LogP contribution is 2.60. The fourth-order valence-corrected chi connectivity index (χ4v) is 7.24. The van der Waals surface area contributed by atoms with Gasteiger partial charge in [0.2, 0.25) is 0 Å². The average Bonchev–Trinajstić information content (AvgIpc) is 3.51. The minimum absolute atomic E-state index is 0.294. The molecular formula is C37H25ClO. The summed E-state index contributed by atoms with van der Waals surface area (Å²) in [4.78, 5) is 0. The number of furan rings is 1. The standard InChI is InChI=1S/C37H25ClO/c38-27-21-22-30-29-11-4-6-15-33(29)37(34(30)23-27,25-9-2-1-3-10-25)26-19-17-24(18-20-26)28-13-8-14-32-31-12-5-7-16-35(31)39-36(28)32/h1-14,16-23,33H,15H2.